The highest BCUT2D eigenvalue weighted by Crippen LogP contribution is 2.13. The fraction of sp³-hybridized carbons (Fsp3) is 0.333. The Kier molecular flexibility index (Phi) is 4.27. The van der Waals surface area contributed by atoms with Gasteiger partial charge in [-0.1, -0.05) is 28.1 Å². The Morgan fingerprint density at radius 2 is 2.13 bits per heavy atom. The molecule has 0 saturated heterocycles. The molecule has 15 heavy (non-hydrogen) atoms. The third-order valence-electron chi connectivity index (χ3n) is 1.79. The van der Waals surface area contributed by atoms with Crippen LogP contribution in [0.25, 0.3) is 0 Å². The number of nitrogens with two attached hydrogens (primary N) is 1. The molecule has 0 radical (unpaired) electrons. The summed E-state index contributed by atoms with van der Waals surface area (Å²) in [6.45, 7) is 0. The first kappa shape index (κ1) is 12.6. The number of sulfonamides is 1. The summed E-state index contributed by atoms with van der Waals surface area (Å²) in [5.41, 5.74) is 0.862. The number of aliphatic hydroxyl groups is 1. The molecule has 0 saturated carbocycles. The van der Waals surface area contributed by atoms with E-state index >= 15 is 0 Å². The van der Waals surface area contributed by atoms with E-state index in [9.17, 15) is 13.5 Å². The van der Waals surface area contributed by atoms with Crippen molar-refractivity contribution in [1.82, 2.24) is 0 Å². The minimum atomic E-state index is -3.62. The summed E-state index contributed by atoms with van der Waals surface area (Å²) < 4.78 is 22.3. The molecule has 0 fully saturated rings. The molecule has 6 heteroatoms. The van der Waals surface area contributed by atoms with Crippen molar-refractivity contribution in [3.63, 3.8) is 0 Å². The number of halogens is 1. The lowest BCUT2D eigenvalue weighted by Gasteiger charge is -2.09. The van der Waals surface area contributed by atoms with Gasteiger partial charge in [0, 0.05) is 4.47 Å². The molecule has 1 aromatic carbocycles. The predicted molar refractivity (Wildman–Crippen MR) is 61.8 cm³/mol. The van der Waals surface area contributed by atoms with E-state index in [0.29, 0.717) is 0 Å². The molecule has 84 valence electrons. The molecule has 1 atom stereocenters. The van der Waals surface area contributed by atoms with Gasteiger partial charge in [-0.2, -0.15) is 0 Å². The molecule has 0 aliphatic heterocycles. The van der Waals surface area contributed by atoms with E-state index in [2.05, 4.69) is 15.9 Å². The van der Waals surface area contributed by atoms with E-state index in [4.69, 9.17) is 5.14 Å². The van der Waals surface area contributed by atoms with E-state index in [0.717, 1.165) is 10.0 Å². The molecule has 0 aromatic heterocycles. The van der Waals surface area contributed by atoms with Crippen LogP contribution in [0.3, 0.4) is 0 Å². The average molecular weight is 294 g/mol. The third-order valence-corrected chi connectivity index (χ3v) is 3.13. The molecule has 0 bridgehead atoms. The largest absolute Gasteiger partial charge is 0.392 e. The van der Waals surface area contributed by atoms with Crippen molar-refractivity contribution in [1.29, 1.82) is 0 Å². The lowest BCUT2D eigenvalue weighted by Crippen LogP contribution is -2.28. The Bertz CT molecular complexity index is 433. The van der Waals surface area contributed by atoms with Gasteiger partial charge in [0.05, 0.1) is 11.9 Å². The maximum absolute atomic E-state index is 10.7. The molecule has 1 rings (SSSR count). The van der Waals surface area contributed by atoms with Crippen LogP contribution >= 0.6 is 15.9 Å². The molecule has 1 aromatic rings. The normalized spacial score (nSPS) is 13.8. The van der Waals surface area contributed by atoms with Crippen LogP contribution in [-0.4, -0.2) is 25.4 Å². The zero-order valence-corrected chi connectivity index (χ0v) is 10.3. The number of hydrogen-bond acceptors (Lipinski definition) is 3. The predicted octanol–water partition coefficient (Wildman–Crippen LogP) is 0.641. The van der Waals surface area contributed by atoms with Crippen LogP contribution in [0.15, 0.2) is 28.7 Å². The van der Waals surface area contributed by atoms with Gasteiger partial charge in [0.1, 0.15) is 0 Å². The molecule has 0 spiro atoms. The maximum atomic E-state index is 10.7. The highest BCUT2D eigenvalue weighted by molar-refractivity contribution is 9.10. The zero-order chi connectivity index (χ0) is 11.5. The highest BCUT2D eigenvalue weighted by atomic mass is 79.9. The summed E-state index contributed by atoms with van der Waals surface area (Å²) in [7, 11) is -3.62. The number of primary sulfonamides is 1. The summed E-state index contributed by atoms with van der Waals surface area (Å²) >= 11 is 3.29. The standard InChI is InChI=1S/C9H12BrNO3S/c10-8-3-1-2-7(4-8)5-9(12)6-15(11,13)14/h1-4,9,12H,5-6H2,(H2,11,13,14). The van der Waals surface area contributed by atoms with Crippen molar-refractivity contribution in [3.05, 3.63) is 34.3 Å². The molecule has 0 amide bonds. The van der Waals surface area contributed by atoms with E-state index in [-0.39, 0.29) is 6.42 Å². The fourth-order valence-corrected chi connectivity index (χ4v) is 2.36. The molecule has 3 N–H and O–H groups in total. The Labute approximate surface area is 97.3 Å². The number of aliphatic hydroxyl groups excluding tert-OH is 1. The van der Waals surface area contributed by atoms with E-state index in [1.54, 1.807) is 0 Å². The van der Waals surface area contributed by atoms with Crippen molar-refractivity contribution in [3.8, 4) is 0 Å². The van der Waals surface area contributed by atoms with Crippen LogP contribution in [0.4, 0.5) is 0 Å². The summed E-state index contributed by atoms with van der Waals surface area (Å²) in [5.74, 6) is -0.417. The Balaban J connectivity index is 2.63. The van der Waals surface area contributed by atoms with Gasteiger partial charge in [0.2, 0.25) is 10.0 Å². The number of benzene rings is 1. The first-order valence-electron chi connectivity index (χ1n) is 4.30. The van der Waals surface area contributed by atoms with Crippen LogP contribution in [0.2, 0.25) is 0 Å². The maximum Gasteiger partial charge on any atom is 0.211 e. The minimum Gasteiger partial charge on any atom is -0.392 e. The number of rotatable bonds is 4. The highest BCUT2D eigenvalue weighted by Gasteiger charge is 2.13. The van der Waals surface area contributed by atoms with Crippen LogP contribution in [0.5, 0.6) is 0 Å². The second-order valence-electron chi connectivity index (χ2n) is 3.32. The Morgan fingerprint density at radius 3 is 2.67 bits per heavy atom. The van der Waals surface area contributed by atoms with E-state index in [1.807, 2.05) is 24.3 Å². The second-order valence-corrected chi connectivity index (χ2v) is 5.89. The van der Waals surface area contributed by atoms with Crippen molar-refractivity contribution in [2.75, 3.05) is 5.75 Å². The van der Waals surface area contributed by atoms with Crippen molar-refractivity contribution in [2.45, 2.75) is 12.5 Å². The molecule has 4 nitrogen and oxygen atoms in total. The quantitative estimate of drug-likeness (QED) is 0.855. The molecule has 0 aliphatic rings. The Morgan fingerprint density at radius 1 is 1.47 bits per heavy atom. The van der Waals surface area contributed by atoms with Gasteiger partial charge in [-0.3, -0.25) is 0 Å². The molecule has 0 aliphatic carbocycles. The van der Waals surface area contributed by atoms with Crippen molar-refractivity contribution in [2.24, 2.45) is 5.14 Å². The summed E-state index contributed by atoms with van der Waals surface area (Å²) in [5, 5.41) is 14.3. The van der Waals surface area contributed by atoms with Crippen LogP contribution in [0, 0.1) is 0 Å². The average Bonchev–Trinajstić information content (AvgIpc) is 1.99. The Hall–Kier alpha value is -0.430. The molecule has 1 unspecified atom stereocenters. The summed E-state index contributed by atoms with van der Waals surface area (Å²) in [6, 6.07) is 7.32. The molecule has 0 heterocycles. The topological polar surface area (TPSA) is 80.4 Å². The first-order valence-corrected chi connectivity index (χ1v) is 6.80. The van der Waals surface area contributed by atoms with Crippen LogP contribution < -0.4 is 5.14 Å². The van der Waals surface area contributed by atoms with Gasteiger partial charge in [-0.05, 0) is 24.1 Å². The van der Waals surface area contributed by atoms with E-state index in [1.165, 1.54) is 0 Å². The van der Waals surface area contributed by atoms with Gasteiger partial charge in [0.25, 0.3) is 0 Å². The van der Waals surface area contributed by atoms with Gasteiger partial charge in [-0.25, -0.2) is 13.6 Å². The van der Waals surface area contributed by atoms with Gasteiger partial charge >= 0.3 is 0 Å². The first-order chi connectivity index (χ1) is 6.87. The SMILES string of the molecule is NS(=O)(=O)CC(O)Cc1cccc(Br)c1. The lowest BCUT2D eigenvalue weighted by molar-refractivity contribution is 0.198. The summed E-state index contributed by atoms with van der Waals surface area (Å²) in [6.07, 6.45) is -0.690. The van der Waals surface area contributed by atoms with Gasteiger partial charge in [-0.15, -0.1) is 0 Å². The minimum absolute atomic E-state index is 0.274. The summed E-state index contributed by atoms with van der Waals surface area (Å²) in [4.78, 5) is 0. The molecular formula is C9H12BrNO3S. The van der Waals surface area contributed by atoms with Crippen LogP contribution in [-0.2, 0) is 16.4 Å². The van der Waals surface area contributed by atoms with E-state index < -0.39 is 21.9 Å². The smallest absolute Gasteiger partial charge is 0.211 e. The lowest BCUT2D eigenvalue weighted by atomic mass is 10.1. The van der Waals surface area contributed by atoms with Gasteiger partial charge < -0.3 is 5.11 Å². The van der Waals surface area contributed by atoms with Crippen molar-refractivity contribution < 1.29 is 13.5 Å². The zero-order valence-electron chi connectivity index (χ0n) is 7.93. The number of hydrogen-bond donors (Lipinski definition) is 2. The molecular weight excluding hydrogens is 282 g/mol. The second kappa shape index (κ2) is 5.07. The van der Waals surface area contributed by atoms with Crippen LogP contribution in [0.1, 0.15) is 5.56 Å². The fourth-order valence-electron chi connectivity index (χ4n) is 1.26. The van der Waals surface area contributed by atoms with Crippen molar-refractivity contribution >= 4 is 26.0 Å². The van der Waals surface area contributed by atoms with Gasteiger partial charge in [0.15, 0.2) is 0 Å². The third kappa shape index (κ3) is 5.27. The monoisotopic (exact) mass is 293 g/mol.